The maximum Gasteiger partial charge on any atom is 0.267 e. The minimum Gasteiger partial charge on any atom is -0.497 e. The molecular formula is C11H15N5O2. The number of aryl methyl sites for hydroxylation is 1. The van der Waals surface area contributed by atoms with E-state index in [9.17, 15) is 0 Å². The lowest BCUT2D eigenvalue weighted by Gasteiger charge is -2.08. The normalized spacial score (nSPS) is 10.2. The van der Waals surface area contributed by atoms with E-state index in [0.29, 0.717) is 24.0 Å². The summed E-state index contributed by atoms with van der Waals surface area (Å²) in [6.45, 7) is 2.62. The van der Waals surface area contributed by atoms with Gasteiger partial charge in [-0.15, -0.1) is 5.10 Å². The second-order valence-electron chi connectivity index (χ2n) is 3.53. The van der Waals surface area contributed by atoms with Crippen LogP contribution >= 0.6 is 0 Å². The molecule has 0 aliphatic carbocycles. The van der Waals surface area contributed by atoms with E-state index >= 15 is 0 Å². The fourth-order valence-electron chi connectivity index (χ4n) is 1.44. The Bertz CT molecular complexity index is 504. The first-order valence-corrected chi connectivity index (χ1v) is 5.53. The van der Waals surface area contributed by atoms with Crippen molar-refractivity contribution in [1.82, 2.24) is 20.2 Å². The van der Waals surface area contributed by atoms with Gasteiger partial charge in [0.05, 0.1) is 20.8 Å². The van der Waals surface area contributed by atoms with Crippen LogP contribution in [-0.4, -0.2) is 34.4 Å². The number of nitrogens with one attached hydrogen (secondary N) is 1. The summed E-state index contributed by atoms with van der Waals surface area (Å²) in [5.74, 6) is 1.83. The second kappa shape index (κ2) is 5.35. The molecule has 0 amide bonds. The molecule has 7 heteroatoms. The van der Waals surface area contributed by atoms with Gasteiger partial charge in [0.1, 0.15) is 11.5 Å². The molecule has 0 spiro atoms. The SMILES string of the molecule is CCn1nnc(Nc2cc(OC)cc(OC)c2)n1. The number of tetrazole rings is 1. The predicted octanol–water partition coefficient (Wildman–Crippen LogP) is 1.45. The summed E-state index contributed by atoms with van der Waals surface area (Å²) in [5, 5.41) is 14.9. The molecule has 0 aliphatic rings. The number of nitrogens with zero attached hydrogens (tertiary/aromatic N) is 4. The number of benzene rings is 1. The number of aromatic nitrogens is 4. The van der Waals surface area contributed by atoms with Gasteiger partial charge in [0.15, 0.2) is 0 Å². The van der Waals surface area contributed by atoms with Gasteiger partial charge >= 0.3 is 0 Å². The van der Waals surface area contributed by atoms with Crippen molar-refractivity contribution in [2.75, 3.05) is 19.5 Å². The van der Waals surface area contributed by atoms with Crippen LogP contribution in [0.15, 0.2) is 18.2 Å². The van der Waals surface area contributed by atoms with Crippen molar-refractivity contribution in [2.24, 2.45) is 0 Å². The second-order valence-corrected chi connectivity index (χ2v) is 3.53. The molecule has 0 saturated carbocycles. The van der Waals surface area contributed by atoms with Crippen molar-refractivity contribution in [2.45, 2.75) is 13.5 Å². The first-order chi connectivity index (χ1) is 8.75. The van der Waals surface area contributed by atoms with Gasteiger partial charge in [-0.1, -0.05) is 5.10 Å². The van der Waals surface area contributed by atoms with E-state index < -0.39 is 0 Å². The highest BCUT2D eigenvalue weighted by Gasteiger charge is 2.05. The van der Waals surface area contributed by atoms with Crippen LogP contribution < -0.4 is 14.8 Å². The van der Waals surface area contributed by atoms with Crippen LogP contribution in [0, 0.1) is 0 Å². The highest BCUT2D eigenvalue weighted by Crippen LogP contribution is 2.26. The van der Waals surface area contributed by atoms with Crippen molar-refractivity contribution in [3.63, 3.8) is 0 Å². The van der Waals surface area contributed by atoms with Crippen LogP contribution in [0.4, 0.5) is 11.6 Å². The molecule has 1 heterocycles. The zero-order valence-corrected chi connectivity index (χ0v) is 10.5. The average Bonchev–Trinajstić information content (AvgIpc) is 2.85. The zero-order chi connectivity index (χ0) is 13.0. The Morgan fingerprint density at radius 1 is 1.17 bits per heavy atom. The number of ether oxygens (including phenoxy) is 2. The summed E-state index contributed by atoms with van der Waals surface area (Å²) in [7, 11) is 3.20. The summed E-state index contributed by atoms with van der Waals surface area (Å²) in [4.78, 5) is 1.50. The van der Waals surface area contributed by atoms with Gasteiger partial charge < -0.3 is 14.8 Å². The molecule has 96 valence electrons. The fourth-order valence-corrected chi connectivity index (χ4v) is 1.44. The van der Waals surface area contributed by atoms with E-state index in [2.05, 4.69) is 20.7 Å². The quantitative estimate of drug-likeness (QED) is 0.864. The molecule has 1 aromatic carbocycles. The van der Waals surface area contributed by atoms with Gasteiger partial charge in [-0.05, 0) is 12.1 Å². The standard InChI is InChI=1S/C11H15N5O2/c1-4-16-14-11(13-15-16)12-8-5-9(17-2)7-10(6-8)18-3/h5-7H,4H2,1-3H3,(H,12,14). The predicted molar refractivity (Wildman–Crippen MR) is 66.3 cm³/mol. The maximum absolute atomic E-state index is 5.18. The average molecular weight is 249 g/mol. The van der Waals surface area contributed by atoms with E-state index in [1.54, 1.807) is 20.3 Å². The number of rotatable bonds is 5. The van der Waals surface area contributed by atoms with Crippen LogP contribution in [0.3, 0.4) is 0 Å². The van der Waals surface area contributed by atoms with E-state index in [-0.39, 0.29) is 0 Å². The first-order valence-electron chi connectivity index (χ1n) is 5.53. The van der Waals surface area contributed by atoms with E-state index in [1.165, 1.54) is 4.80 Å². The van der Waals surface area contributed by atoms with E-state index in [0.717, 1.165) is 5.69 Å². The van der Waals surface area contributed by atoms with Gasteiger partial charge in [-0.2, -0.15) is 4.80 Å². The Morgan fingerprint density at radius 2 is 1.83 bits per heavy atom. The Kier molecular flexibility index (Phi) is 3.61. The Labute approximate surface area is 105 Å². The highest BCUT2D eigenvalue weighted by atomic mass is 16.5. The van der Waals surface area contributed by atoms with Crippen molar-refractivity contribution in [3.05, 3.63) is 18.2 Å². The number of anilines is 2. The molecule has 0 bridgehead atoms. The smallest absolute Gasteiger partial charge is 0.267 e. The topological polar surface area (TPSA) is 74.1 Å². The van der Waals surface area contributed by atoms with Crippen molar-refractivity contribution < 1.29 is 9.47 Å². The van der Waals surface area contributed by atoms with Crippen molar-refractivity contribution in [1.29, 1.82) is 0 Å². The molecule has 1 N–H and O–H groups in total. The fraction of sp³-hybridized carbons (Fsp3) is 0.364. The molecule has 1 aromatic heterocycles. The molecule has 0 fully saturated rings. The zero-order valence-electron chi connectivity index (χ0n) is 10.5. The summed E-state index contributed by atoms with van der Waals surface area (Å²) in [6.07, 6.45) is 0. The van der Waals surface area contributed by atoms with E-state index in [4.69, 9.17) is 9.47 Å². The third-order valence-corrected chi connectivity index (χ3v) is 2.34. The van der Waals surface area contributed by atoms with Gasteiger partial charge in [-0.25, -0.2) is 0 Å². The maximum atomic E-state index is 5.18. The summed E-state index contributed by atoms with van der Waals surface area (Å²) >= 11 is 0. The Morgan fingerprint density at radius 3 is 2.33 bits per heavy atom. The molecule has 2 aromatic rings. The van der Waals surface area contributed by atoms with Crippen LogP contribution in [0.1, 0.15) is 6.92 Å². The minimum absolute atomic E-state index is 0.437. The highest BCUT2D eigenvalue weighted by molar-refractivity contribution is 5.59. The number of methoxy groups -OCH3 is 2. The molecule has 0 atom stereocenters. The third-order valence-electron chi connectivity index (χ3n) is 2.34. The Hall–Kier alpha value is -2.31. The largest absolute Gasteiger partial charge is 0.497 e. The lowest BCUT2D eigenvalue weighted by Crippen LogP contribution is -1.99. The van der Waals surface area contributed by atoms with E-state index in [1.807, 2.05) is 19.1 Å². The van der Waals surface area contributed by atoms with Gasteiger partial charge in [0.2, 0.25) is 0 Å². The summed E-state index contributed by atoms with van der Waals surface area (Å²) in [6, 6.07) is 5.45. The molecule has 0 aliphatic heterocycles. The third kappa shape index (κ3) is 2.68. The molecule has 18 heavy (non-hydrogen) atoms. The van der Waals surface area contributed by atoms with Gasteiger partial charge in [0, 0.05) is 23.9 Å². The molecule has 7 nitrogen and oxygen atoms in total. The monoisotopic (exact) mass is 249 g/mol. The molecular weight excluding hydrogens is 234 g/mol. The molecule has 2 rings (SSSR count). The van der Waals surface area contributed by atoms with Crippen LogP contribution in [0.25, 0.3) is 0 Å². The Balaban J connectivity index is 2.22. The van der Waals surface area contributed by atoms with Gasteiger partial charge in [0.25, 0.3) is 5.95 Å². The minimum atomic E-state index is 0.437. The lowest BCUT2D eigenvalue weighted by atomic mass is 10.3. The molecule has 0 saturated heterocycles. The molecule has 0 unspecified atom stereocenters. The number of hydrogen-bond donors (Lipinski definition) is 1. The van der Waals surface area contributed by atoms with Crippen LogP contribution in [-0.2, 0) is 6.54 Å². The first kappa shape index (κ1) is 12.2. The number of hydrogen-bond acceptors (Lipinski definition) is 6. The van der Waals surface area contributed by atoms with Crippen molar-refractivity contribution >= 4 is 11.6 Å². The summed E-state index contributed by atoms with van der Waals surface area (Å²) in [5.41, 5.74) is 0.779. The van der Waals surface area contributed by atoms with Gasteiger partial charge in [-0.3, -0.25) is 0 Å². The van der Waals surface area contributed by atoms with Crippen LogP contribution in [0.2, 0.25) is 0 Å². The lowest BCUT2D eigenvalue weighted by molar-refractivity contribution is 0.395. The van der Waals surface area contributed by atoms with Crippen LogP contribution in [0.5, 0.6) is 11.5 Å². The van der Waals surface area contributed by atoms with Crippen molar-refractivity contribution in [3.8, 4) is 11.5 Å². The molecule has 0 radical (unpaired) electrons. The summed E-state index contributed by atoms with van der Waals surface area (Å²) < 4.78 is 10.4.